The van der Waals surface area contributed by atoms with Crippen molar-refractivity contribution in [1.82, 2.24) is 21.2 Å². The maximum atomic E-state index is 13.2. The van der Waals surface area contributed by atoms with E-state index in [2.05, 4.69) is 21.2 Å². The van der Waals surface area contributed by atoms with Crippen LogP contribution in [0, 0.1) is 11.8 Å². The number of rotatable bonds is 3. The molecule has 1 amide bonds. The number of benzene rings is 1. The van der Waals surface area contributed by atoms with Crippen LogP contribution in [-0.2, 0) is 11.0 Å². The van der Waals surface area contributed by atoms with Crippen LogP contribution in [0.4, 0.5) is 18.3 Å². The highest BCUT2D eigenvalue weighted by Crippen LogP contribution is 2.39. The Morgan fingerprint density at radius 2 is 2.10 bits per heavy atom. The second-order valence-electron chi connectivity index (χ2n) is 8.16. The topological polar surface area (TPSA) is 69.3 Å². The summed E-state index contributed by atoms with van der Waals surface area (Å²) in [6.07, 6.45) is -1.41. The standard InChI is InChI=1S/C19H22F3N5OS/c20-19(21,22)13-2-1-3-15-16(13)25-18(29-15)27-8-11(9-27)17(28)24-12-5-4-10-7-23-26-14(10)6-12/h1-3,10-12,14,23,26H,4-9H2,(H,24,28). The first-order valence-electron chi connectivity index (χ1n) is 9.89. The highest BCUT2D eigenvalue weighted by molar-refractivity contribution is 7.22. The van der Waals surface area contributed by atoms with Crippen molar-refractivity contribution in [3.05, 3.63) is 23.8 Å². The monoisotopic (exact) mass is 425 g/mol. The van der Waals surface area contributed by atoms with E-state index in [-0.39, 0.29) is 23.4 Å². The zero-order valence-corrected chi connectivity index (χ0v) is 16.4. The van der Waals surface area contributed by atoms with Crippen molar-refractivity contribution in [3.63, 3.8) is 0 Å². The molecule has 3 N–H and O–H groups in total. The molecule has 1 aliphatic carbocycles. The fourth-order valence-corrected chi connectivity index (χ4v) is 5.54. The third kappa shape index (κ3) is 3.57. The number of nitrogens with zero attached hydrogens (tertiary/aromatic N) is 2. The van der Waals surface area contributed by atoms with Crippen LogP contribution in [0.1, 0.15) is 24.8 Å². The quantitative estimate of drug-likeness (QED) is 0.705. The number of fused-ring (bicyclic) bond motifs is 2. The molecule has 3 unspecified atom stereocenters. The largest absolute Gasteiger partial charge is 0.418 e. The molecule has 2 saturated heterocycles. The lowest BCUT2D eigenvalue weighted by Gasteiger charge is -2.39. The molecule has 3 aliphatic rings. The van der Waals surface area contributed by atoms with Crippen molar-refractivity contribution in [3.8, 4) is 0 Å². The molecule has 1 aromatic carbocycles. The summed E-state index contributed by atoms with van der Waals surface area (Å²) in [6.45, 7) is 1.97. The van der Waals surface area contributed by atoms with Crippen LogP contribution in [0.3, 0.4) is 0 Å². The zero-order chi connectivity index (χ0) is 20.2. The molecule has 2 aliphatic heterocycles. The molecule has 6 nitrogen and oxygen atoms in total. The van der Waals surface area contributed by atoms with E-state index in [0.29, 0.717) is 34.9 Å². The second kappa shape index (κ2) is 7.10. The number of hydrogen-bond donors (Lipinski definition) is 3. The smallest absolute Gasteiger partial charge is 0.353 e. The molecule has 2 aromatic rings. The van der Waals surface area contributed by atoms with E-state index in [4.69, 9.17) is 0 Å². The van der Waals surface area contributed by atoms with E-state index in [0.717, 1.165) is 31.9 Å². The Morgan fingerprint density at radius 1 is 1.28 bits per heavy atom. The van der Waals surface area contributed by atoms with Gasteiger partial charge in [0.1, 0.15) is 0 Å². The van der Waals surface area contributed by atoms with E-state index in [9.17, 15) is 18.0 Å². The van der Waals surface area contributed by atoms with E-state index in [1.54, 1.807) is 6.07 Å². The summed E-state index contributed by atoms with van der Waals surface area (Å²) < 4.78 is 40.1. The summed E-state index contributed by atoms with van der Waals surface area (Å²) in [5.74, 6) is 0.534. The van der Waals surface area contributed by atoms with E-state index in [1.165, 1.54) is 17.4 Å². The Labute approximate surface area is 169 Å². The summed E-state index contributed by atoms with van der Waals surface area (Å²) in [7, 11) is 0. The van der Waals surface area contributed by atoms with Gasteiger partial charge in [-0.2, -0.15) is 13.2 Å². The highest BCUT2D eigenvalue weighted by Gasteiger charge is 2.39. The number of para-hydroxylation sites is 1. The van der Waals surface area contributed by atoms with Crippen LogP contribution < -0.4 is 21.1 Å². The molecule has 1 aromatic heterocycles. The predicted molar refractivity (Wildman–Crippen MR) is 105 cm³/mol. The van der Waals surface area contributed by atoms with Crippen LogP contribution in [0.2, 0.25) is 0 Å². The Kier molecular flexibility index (Phi) is 4.67. The first-order chi connectivity index (χ1) is 13.9. The molecule has 3 fully saturated rings. The Hall–Kier alpha value is -1.91. The van der Waals surface area contributed by atoms with Gasteiger partial charge in [-0.3, -0.25) is 15.6 Å². The Bertz CT molecular complexity index is 926. The molecule has 10 heteroatoms. The Balaban J connectivity index is 1.20. The van der Waals surface area contributed by atoms with Crippen molar-refractivity contribution in [2.24, 2.45) is 11.8 Å². The van der Waals surface area contributed by atoms with Crippen LogP contribution in [0.25, 0.3) is 10.2 Å². The number of nitrogens with one attached hydrogen (secondary N) is 3. The summed E-state index contributed by atoms with van der Waals surface area (Å²) in [5.41, 5.74) is 5.74. The van der Waals surface area contributed by atoms with Gasteiger partial charge < -0.3 is 10.2 Å². The van der Waals surface area contributed by atoms with Crippen molar-refractivity contribution >= 4 is 32.6 Å². The number of amides is 1. The third-order valence-electron chi connectivity index (χ3n) is 6.23. The third-order valence-corrected chi connectivity index (χ3v) is 7.31. The number of anilines is 1. The summed E-state index contributed by atoms with van der Waals surface area (Å²) in [4.78, 5) is 18.7. The minimum absolute atomic E-state index is 0.0117. The molecule has 156 valence electrons. The Morgan fingerprint density at radius 3 is 2.90 bits per heavy atom. The lowest BCUT2D eigenvalue weighted by atomic mass is 9.83. The van der Waals surface area contributed by atoms with Crippen molar-refractivity contribution < 1.29 is 18.0 Å². The van der Waals surface area contributed by atoms with E-state index in [1.807, 2.05) is 4.90 Å². The molecule has 5 rings (SSSR count). The fourth-order valence-electron chi connectivity index (χ4n) is 4.53. The molecule has 3 atom stereocenters. The van der Waals surface area contributed by atoms with Gasteiger partial charge >= 0.3 is 6.18 Å². The van der Waals surface area contributed by atoms with Crippen LogP contribution >= 0.6 is 11.3 Å². The molecular formula is C19H22F3N5OS. The number of carbonyl (C=O) groups excluding carboxylic acids is 1. The lowest BCUT2D eigenvalue weighted by Crippen LogP contribution is -2.56. The van der Waals surface area contributed by atoms with E-state index < -0.39 is 11.7 Å². The number of carbonyl (C=O) groups is 1. The minimum atomic E-state index is -4.43. The summed E-state index contributed by atoms with van der Waals surface area (Å²) >= 11 is 1.24. The van der Waals surface area contributed by atoms with Gasteiger partial charge in [0.2, 0.25) is 5.91 Å². The predicted octanol–water partition coefficient (Wildman–Crippen LogP) is 2.51. The normalized spacial score (nSPS) is 27.7. The van der Waals surface area contributed by atoms with Gasteiger partial charge in [-0.25, -0.2) is 4.98 Å². The average Bonchev–Trinajstić information content (AvgIpc) is 3.24. The molecule has 3 heterocycles. The number of alkyl halides is 3. The maximum absolute atomic E-state index is 13.2. The summed E-state index contributed by atoms with van der Waals surface area (Å²) in [5, 5.41) is 3.71. The number of thiazole rings is 1. The molecule has 1 saturated carbocycles. The SMILES string of the molecule is O=C(NC1CCC2CNNC2C1)C1CN(c2nc3c(C(F)(F)F)cccc3s2)C1. The van der Waals surface area contributed by atoms with Crippen molar-refractivity contribution in [2.75, 3.05) is 24.5 Å². The van der Waals surface area contributed by atoms with Gasteiger partial charge in [0.25, 0.3) is 0 Å². The first-order valence-corrected chi connectivity index (χ1v) is 10.7. The first kappa shape index (κ1) is 19.1. The van der Waals surface area contributed by atoms with Gasteiger partial charge in [0.15, 0.2) is 5.13 Å². The minimum Gasteiger partial charge on any atom is -0.353 e. The highest BCUT2D eigenvalue weighted by atomic mass is 32.1. The number of hydrazine groups is 1. The van der Waals surface area contributed by atoms with Gasteiger partial charge in [-0.15, -0.1) is 0 Å². The maximum Gasteiger partial charge on any atom is 0.418 e. The number of halogens is 3. The van der Waals surface area contributed by atoms with Gasteiger partial charge in [-0.05, 0) is 37.3 Å². The summed E-state index contributed by atoms with van der Waals surface area (Å²) in [6, 6.07) is 4.71. The van der Waals surface area contributed by atoms with Gasteiger partial charge in [0, 0.05) is 31.7 Å². The lowest BCUT2D eigenvalue weighted by molar-refractivity contribution is -0.136. The molecular weight excluding hydrogens is 403 g/mol. The average molecular weight is 425 g/mol. The van der Waals surface area contributed by atoms with Gasteiger partial charge in [0.05, 0.1) is 21.7 Å². The van der Waals surface area contributed by atoms with Crippen LogP contribution in [-0.4, -0.2) is 42.6 Å². The van der Waals surface area contributed by atoms with Gasteiger partial charge in [-0.1, -0.05) is 17.4 Å². The molecule has 0 bridgehead atoms. The van der Waals surface area contributed by atoms with Crippen molar-refractivity contribution in [1.29, 1.82) is 0 Å². The molecule has 0 radical (unpaired) electrons. The second-order valence-corrected chi connectivity index (χ2v) is 9.17. The molecule has 29 heavy (non-hydrogen) atoms. The number of hydrogen-bond acceptors (Lipinski definition) is 6. The molecule has 0 spiro atoms. The van der Waals surface area contributed by atoms with Crippen LogP contribution in [0.15, 0.2) is 18.2 Å². The van der Waals surface area contributed by atoms with Crippen molar-refractivity contribution in [2.45, 2.75) is 37.5 Å². The number of aromatic nitrogens is 1. The van der Waals surface area contributed by atoms with E-state index >= 15 is 0 Å². The fraction of sp³-hybridized carbons (Fsp3) is 0.579. The van der Waals surface area contributed by atoms with Crippen LogP contribution in [0.5, 0.6) is 0 Å². The zero-order valence-electron chi connectivity index (χ0n) is 15.6.